The number of aryl methyl sites for hydroxylation is 1. The van der Waals surface area contributed by atoms with Crippen LogP contribution in [0.5, 0.6) is 0 Å². The van der Waals surface area contributed by atoms with E-state index in [1.165, 1.54) is 6.07 Å². The second-order valence-electron chi connectivity index (χ2n) is 6.21. The zero-order valence-electron chi connectivity index (χ0n) is 13.6. The van der Waals surface area contributed by atoms with Crippen LogP contribution in [0.15, 0.2) is 53.3 Å². The zero-order chi connectivity index (χ0) is 17.2. The lowest BCUT2D eigenvalue weighted by Gasteiger charge is -2.25. The number of amides is 1. The van der Waals surface area contributed by atoms with Crippen LogP contribution >= 0.6 is 0 Å². The van der Waals surface area contributed by atoms with Gasteiger partial charge in [0.25, 0.3) is 5.91 Å². The van der Waals surface area contributed by atoms with E-state index < -0.39 is 0 Å². The number of hydrogen-bond donors (Lipinski definition) is 3. The van der Waals surface area contributed by atoms with Gasteiger partial charge in [0, 0.05) is 17.3 Å². The number of aromatic amines is 2. The van der Waals surface area contributed by atoms with Gasteiger partial charge in [-0.1, -0.05) is 30.3 Å². The molecular formula is C19H18N4O2. The number of benzene rings is 1. The molecule has 0 saturated carbocycles. The minimum Gasteiger partial charge on any atom is -0.344 e. The Labute approximate surface area is 144 Å². The van der Waals surface area contributed by atoms with E-state index in [4.69, 9.17) is 0 Å². The first-order valence-electron chi connectivity index (χ1n) is 8.34. The van der Waals surface area contributed by atoms with Gasteiger partial charge in [0.2, 0.25) is 5.56 Å². The third-order valence-corrected chi connectivity index (χ3v) is 4.53. The Morgan fingerprint density at radius 3 is 2.84 bits per heavy atom. The average molecular weight is 334 g/mol. The van der Waals surface area contributed by atoms with Gasteiger partial charge in [-0.2, -0.15) is 5.10 Å². The summed E-state index contributed by atoms with van der Waals surface area (Å²) >= 11 is 0. The standard InChI is InChI=1S/C19H18N4O2/c24-18-10-9-13-14(20-18)7-4-8-15(13)21-19(25)17-11-16(22-23-17)12-5-2-1-3-6-12/h1-3,5-6,9-11,15H,4,7-8H2,(H,20,24)(H,21,25)(H,22,23)/t15-/m1/s1. The highest BCUT2D eigenvalue weighted by Gasteiger charge is 2.23. The van der Waals surface area contributed by atoms with Gasteiger partial charge in [0.1, 0.15) is 5.69 Å². The number of nitrogens with one attached hydrogen (secondary N) is 3. The first-order valence-corrected chi connectivity index (χ1v) is 8.34. The summed E-state index contributed by atoms with van der Waals surface area (Å²) in [5.41, 5.74) is 3.92. The highest BCUT2D eigenvalue weighted by Crippen LogP contribution is 2.28. The lowest BCUT2D eigenvalue weighted by molar-refractivity contribution is 0.0927. The molecule has 1 aliphatic rings. The van der Waals surface area contributed by atoms with Crippen molar-refractivity contribution in [2.24, 2.45) is 0 Å². The molecule has 6 heteroatoms. The van der Waals surface area contributed by atoms with Gasteiger partial charge in [-0.3, -0.25) is 14.7 Å². The number of aromatic nitrogens is 3. The van der Waals surface area contributed by atoms with E-state index in [9.17, 15) is 9.59 Å². The Balaban J connectivity index is 1.54. The molecular weight excluding hydrogens is 316 g/mol. The first-order chi connectivity index (χ1) is 12.2. The third-order valence-electron chi connectivity index (χ3n) is 4.53. The highest BCUT2D eigenvalue weighted by atomic mass is 16.2. The van der Waals surface area contributed by atoms with Crippen molar-refractivity contribution >= 4 is 5.91 Å². The van der Waals surface area contributed by atoms with Crippen LogP contribution in [-0.2, 0) is 6.42 Å². The van der Waals surface area contributed by atoms with Crippen LogP contribution in [0.25, 0.3) is 11.3 Å². The molecule has 1 atom stereocenters. The molecule has 0 bridgehead atoms. The fourth-order valence-electron chi connectivity index (χ4n) is 3.28. The molecule has 126 valence electrons. The van der Waals surface area contributed by atoms with Crippen LogP contribution in [0.4, 0.5) is 0 Å². The quantitative estimate of drug-likeness (QED) is 0.687. The van der Waals surface area contributed by atoms with Crippen LogP contribution in [0.3, 0.4) is 0 Å². The SMILES string of the molecule is O=C(N[C@@H]1CCCc2[nH]c(=O)ccc21)c1cc(-c2ccccc2)n[nH]1. The van der Waals surface area contributed by atoms with Gasteiger partial charge in [0.15, 0.2) is 0 Å². The Bertz CT molecular complexity index is 959. The van der Waals surface area contributed by atoms with Crippen molar-refractivity contribution in [2.75, 3.05) is 0 Å². The number of carbonyl (C=O) groups excluding carboxylic acids is 1. The third kappa shape index (κ3) is 3.10. The smallest absolute Gasteiger partial charge is 0.269 e. The second kappa shape index (κ2) is 6.39. The molecule has 0 saturated heterocycles. The minimum atomic E-state index is -0.196. The molecule has 0 aliphatic heterocycles. The van der Waals surface area contributed by atoms with Crippen LogP contribution in [-0.4, -0.2) is 21.1 Å². The van der Waals surface area contributed by atoms with Crippen molar-refractivity contribution in [3.05, 3.63) is 75.8 Å². The molecule has 0 radical (unpaired) electrons. The van der Waals surface area contributed by atoms with Crippen molar-refractivity contribution in [3.8, 4) is 11.3 Å². The van der Waals surface area contributed by atoms with Crippen molar-refractivity contribution < 1.29 is 4.79 Å². The Morgan fingerprint density at radius 2 is 2.00 bits per heavy atom. The maximum Gasteiger partial charge on any atom is 0.269 e. The molecule has 2 aromatic heterocycles. The van der Waals surface area contributed by atoms with Gasteiger partial charge >= 0.3 is 0 Å². The molecule has 2 heterocycles. The summed E-state index contributed by atoms with van der Waals surface area (Å²) in [7, 11) is 0. The summed E-state index contributed by atoms with van der Waals surface area (Å²) < 4.78 is 0. The van der Waals surface area contributed by atoms with Crippen molar-refractivity contribution in [3.63, 3.8) is 0 Å². The van der Waals surface area contributed by atoms with E-state index in [0.29, 0.717) is 5.69 Å². The average Bonchev–Trinajstić information content (AvgIpc) is 3.13. The number of nitrogens with zero attached hydrogens (tertiary/aromatic N) is 1. The summed E-state index contributed by atoms with van der Waals surface area (Å²) in [6.07, 6.45) is 2.61. The van der Waals surface area contributed by atoms with E-state index in [0.717, 1.165) is 41.8 Å². The number of carbonyl (C=O) groups is 1. The normalized spacial score (nSPS) is 16.2. The molecule has 3 aromatic rings. The Morgan fingerprint density at radius 1 is 1.16 bits per heavy atom. The number of H-pyrrole nitrogens is 2. The summed E-state index contributed by atoms with van der Waals surface area (Å²) in [4.78, 5) is 26.9. The first kappa shape index (κ1) is 15.4. The summed E-state index contributed by atoms with van der Waals surface area (Å²) in [6.45, 7) is 0. The number of pyridine rings is 1. The van der Waals surface area contributed by atoms with E-state index in [1.807, 2.05) is 30.3 Å². The largest absolute Gasteiger partial charge is 0.344 e. The molecule has 1 aromatic carbocycles. The highest BCUT2D eigenvalue weighted by molar-refractivity contribution is 5.93. The van der Waals surface area contributed by atoms with Crippen molar-refractivity contribution in [2.45, 2.75) is 25.3 Å². The molecule has 25 heavy (non-hydrogen) atoms. The van der Waals surface area contributed by atoms with Crippen LogP contribution in [0.2, 0.25) is 0 Å². The van der Waals surface area contributed by atoms with Crippen molar-refractivity contribution in [1.29, 1.82) is 0 Å². The minimum absolute atomic E-state index is 0.100. The second-order valence-corrected chi connectivity index (χ2v) is 6.21. The van der Waals surface area contributed by atoms with Gasteiger partial charge in [-0.25, -0.2) is 0 Å². The molecule has 0 spiro atoms. The lowest BCUT2D eigenvalue weighted by atomic mass is 9.91. The molecule has 0 fully saturated rings. The summed E-state index contributed by atoms with van der Waals surface area (Å²) in [5.74, 6) is -0.196. The summed E-state index contributed by atoms with van der Waals surface area (Å²) in [6, 6.07) is 14.7. The predicted molar refractivity (Wildman–Crippen MR) is 94.2 cm³/mol. The molecule has 0 unspecified atom stereocenters. The van der Waals surface area contributed by atoms with Gasteiger partial charge in [-0.15, -0.1) is 0 Å². The van der Waals surface area contributed by atoms with Gasteiger partial charge in [-0.05, 0) is 37.0 Å². The summed E-state index contributed by atoms with van der Waals surface area (Å²) in [5, 5.41) is 10.1. The van der Waals surface area contributed by atoms with E-state index in [-0.39, 0.29) is 17.5 Å². The monoisotopic (exact) mass is 334 g/mol. The lowest BCUT2D eigenvalue weighted by Crippen LogP contribution is -2.32. The van der Waals surface area contributed by atoms with Crippen LogP contribution in [0, 0.1) is 0 Å². The molecule has 1 aliphatic carbocycles. The van der Waals surface area contributed by atoms with Gasteiger partial charge < -0.3 is 10.3 Å². The molecule has 6 nitrogen and oxygen atoms in total. The molecule has 1 amide bonds. The van der Waals surface area contributed by atoms with Gasteiger partial charge in [0.05, 0.1) is 11.7 Å². The Hall–Kier alpha value is -3.15. The molecule has 3 N–H and O–H groups in total. The number of fused-ring (bicyclic) bond motifs is 1. The zero-order valence-corrected chi connectivity index (χ0v) is 13.6. The fourth-order valence-corrected chi connectivity index (χ4v) is 3.28. The number of rotatable bonds is 3. The fraction of sp³-hybridized carbons (Fsp3) is 0.211. The van der Waals surface area contributed by atoms with Crippen LogP contribution in [0.1, 0.15) is 40.6 Å². The maximum atomic E-state index is 12.6. The van der Waals surface area contributed by atoms with E-state index in [2.05, 4.69) is 20.5 Å². The van der Waals surface area contributed by atoms with E-state index >= 15 is 0 Å². The maximum absolute atomic E-state index is 12.6. The topological polar surface area (TPSA) is 90.6 Å². The molecule has 4 rings (SSSR count). The van der Waals surface area contributed by atoms with E-state index in [1.54, 1.807) is 12.1 Å². The Kier molecular flexibility index (Phi) is 3.93. The predicted octanol–water partition coefficient (Wildman–Crippen LogP) is 2.57. The number of hydrogen-bond acceptors (Lipinski definition) is 3. The van der Waals surface area contributed by atoms with Crippen LogP contribution < -0.4 is 10.9 Å². The van der Waals surface area contributed by atoms with Crippen molar-refractivity contribution in [1.82, 2.24) is 20.5 Å².